The van der Waals surface area contributed by atoms with Crippen molar-refractivity contribution in [2.45, 2.75) is 25.7 Å². The molecule has 3 N–H and O–H groups in total. The second-order valence-corrected chi connectivity index (χ2v) is 4.64. The first-order chi connectivity index (χ1) is 9.54. The van der Waals surface area contributed by atoms with Gasteiger partial charge >= 0.3 is 6.09 Å². The van der Waals surface area contributed by atoms with Gasteiger partial charge in [0.2, 0.25) is 0 Å². The summed E-state index contributed by atoms with van der Waals surface area (Å²) < 4.78 is 5.48. The maximum Gasteiger partial charge on any atom is 0.405 e. The Kier molecular flexibility index (Phi) is 6.76. The predicted molar refractivity (Wildman–Crippen MR) is 76.4 cm³/mol. The number of carboxylic acid groups (broad SMARTS) is 1. The lowest BCUT2D eigenvalue weighted by Crippen LogP contribution is -2.48. The van der Waals surface area contributed by atoms with E-state index < -0.39 is 18.2 Å². The highest BCUT2D eigenvalue weighted by molar-refractivity contribution is 5.65. The van der Waals surface area contributed by atoms with E-state index in [1.54, 1.807) is 13.0 Å². The Morgan fingerprint density at radius 3 is 2.65 bits per heavy atom. The van der Waals surface area contributed by atoms with Crippen LogP contribution in [-0.2, 0) is 11.3 Å². The third kappa shape index (κ3) is 5.42. The molecule has 0 saturated carbocycles. The minimum absolute atomic E-state index is 0.0978. The summed E-state index contributed by atoms with van der Waals surface area (Å²) in [5.74, 6) is -0.229. The summed E-state index contributed by atoms with van der Waals surface area (Å²) in [6.45, 7) is 5.83. The van der Waals surface area contributed by atoms with Gasteiger partial charge in [-0.3, -0.25) is 0 Å². The van der Waals surface area contributed by atoms with Gasteiger partial charge in [-0.15, -0.1) is 6.58 Å². The Morgan fingerprint density at radius 1 is 1.45 bits per heavy atom. The maximum absolute atomic E-state index is 10.8. The molecule has 5 heteroatoms. The van der Waals surface area contributed by atoms with E-state index in [9.17, 15) is 9.90 Å². The Bertz CT molecular complexity index is 421. The zero-order valence-corrected chi connectivity index (χ0v) is 11.5. The summed E-state index contributed by atoms with van der Waals surface area (Å²) in [5.41, 5.74) is 0.993. The van der Waals surface area contributed by atoms with Crippen molar-refractivity contribution >= 4 is 6.09 Å². The molecule has 0 aliphatic rings. The van der Waals surface area contributed by atoms with Gasteiger partial charge in [0.1, 0.15) is 0 Å². The van der Waals surface area contributed by atoms with Gasteiger partial charge in [0.25, 0.3) is 0 Å². The van der Waals surface area contributed by atoms with Gasteiger partial charge in [0, 0.05) is 5.92 Å². The van der Waals surface area contributed by atoms with E-state index in [2.05, 4.69) is 11.9 Å². The summed E-state index contributed by atoms with van der Waals surface area (Å²) >= 11 is 0. The van der Waals surface area contributed by atoms with Crippen molar-refractivity contribution in [3.8, 4) is 0 Å². The Morgan fingerprint density at radius 2 is 2.10 bits per heavy atom. The SMILES string of the molecule is C=CC(C)C(O)[C@@H](COCc1ccccc1)NC(=O)O. The molecule has 0 saturated heterocycles. The Balaban J connectivity index is 2.52. The molecule has 1 amide bonds. The number of hydrogen-bond acceptors (Lipinski definition) is 3. The number of carbonyl (C=O) groups is 1. The molecule has 5 nitrogen and oxygen atoms in total. The number of rotatable bonds is 8. The predicted octanol–water partition coefficient (Wildman–Crippen LogP) is 2.02. The van der Waals surface area contributed by atoms with Crippen molar-refractivity contribution in [3.63, 3.8) is 0 Å². The van der Waals surface area contributed by atoms with Crippen molar-refractivity contribution in [2.75, 3.05) is 6.61 Å². The zero-order chi connectivity index (χ0) is 15.0. The fraction of sp³-hybridized carbons (Fsp3) is 0.400. The molecule has 0 aliphatic carbocycles. The summed E-state index contributed by atoms with van der Waals surface area (Å²) in [5, 5.41) is 21.1. The summed E-state index contributed by atoms with van der Waals surface area (Å²) in [6.07, 6.45) is -0.480. The van der Waals surface area contributed by atoms with Gasteiger partial charge in [-0.1, -0.05) is 43.3 Å². The average Bonchev–Trinajstić information content (AvgIpc) is 2.45. The van der Waals surface area contributed by atoms with Gasteiger partial charge in [0.05, 0.1) is 25.4 Å². The van der Waals surface area contributed by atoms with E-state index >= 15 is 0 Å². The minimum Gasteiger partial charge on any atom is -0.465 e. The van der Waals surface area contributed by atoms with Crippen molar-refractivity contribution in [2.24, 2.45) is 5.92 Å². The van der Waals surface area contributed by atoms with Crippen LogP contribution in [0.4, 0.5) is 4.79 Å². The molecule has 3 atom stereocenters. The van der Waals surface area contributed by atoms with Crippen LogP contribution in [0.25, 0.3) is 0 Å². The van der Waals surface area contributed by atoms with Crippen LogP contribution in [0.2, 0.25) is 0 Å². The van der Waals surface area contributed by atoms with Gasteiger partial charge in [-0.05, 0) is 5.56 Å². The minimum atomic E-state index is -1.19. The fourth-order valence-corrected chi connectivity index (χ4v) is 1.77. The molecular formula is C15H21NO4. The molecule has 0 radical (unpaired) electrons. The molecular weight excluding hydrogens is 258 g/mol. The van der Waals surface area contributed by atoms with Crippen LogP contribution in [0.15, 0.2) is 43.0 Å². The van der Waals surface area contributed by atoms with E-state index in [-0.39, 0.29) is 12.5 Å². The third-order valence-electron chi connectivity index (χ3n) is 3.04. The van der Waals surface area contributed by atoms with Crippen LogP contribution in [0.1, 0.15) is 12.5 Å². The number of nitrogens with one attached hydrogen (secondary N) is 1. The zero-order valence-electron chi connectivity index (χ0n) is 11.5. The van der Waals surface area contributed by atoms with Crippen molar-refractivity contribution in [1.29, 1.82) is 0 Å². The molecule has 0 aromatic heterocycles. The van der Waals surface area contributed by atoms with Crippen LogP contribution in [0, 0.1) is 5.92 Å². The third-order valence-corrected chi connectivity index (χ3v) is 3.04. The van der Waals surface area contributed by atoms with E-state index in [4.69, 9.17) is 9.84 Å². The van der Waals surface area contributed by atoms with Crippen molar-refractivity contribution in [1.82, 2.24) is 5.32 Å². The van der Waals surface area contributed by atoms with Crippen molar-refractivity contribution < 1.29 is 19.7 Å². The molecule has 1 rings (SSSR count). The molecule has 2 unspecified atom stereocenters. The number of aliphatic hydroxyl groups excluding tert-OH is 1. The first-order valence-electron chi connectivity index (χ1n) is 6.46. The number of ether oxygens (including phenoxy) is 1. The first-order valence-corrected chi connectivity index (χ1v) is 6.46. The molecule has 20 heavy (non-hydrogen) atoms. The van der Waals surface area contributed by atoms with Gasteiger partial charge in [-0.2, -0.15) is 0 Å². The van der Waals surface area contributed by atoms with Gasteiger partial charge < -0.3 is 20.3 Å². The lowest BCUT2D eigenvalue weighted by Gasteiger charge is -2.25. The maximum atomic E-state index is 10.8. The number of aliphatic hydroxyl groups is 1. The topological polar surface area (TPSA) is 78.8 Å². The average molecular weight is 279 g/mol. The summed E-state index contributed by atoms with van der Waals surface area (Å²) in [7, 11) is 0. The second-order valence-electron chi connectivity index (χ2n) is 4.64. The van der Waals surface area contributed by atoms with Crippen LogP contribution in [-0.4, -0.2) is 35.1 Å². The van der Waals surface area contributed by atoms with Crippen LogP contribution in [0.3, 0.4) is 0 Å². The molecule has 1 aromatic carbocycles. The van der Waals surface area contributed by atoms with Crippen molar-refractivity contribution in [3.05, 3.63) is 48.6 Å². The lowest BCUT2D eigenvalue weighted by molar-refractivity contribution is 0.0268. The van der Waals surface area contributed by atoms with E-state index in [1.165, 1.54) is 0 Å². The molecule has 0 aliphatic heterocycles. The highest BCUT2D eigenvalue weighted by Gasteiger charge is 2.24. The summed E-state index contributed by atoms with van der Waals surface area (Å²) in [6, 6.07) is 8.86. The Labute approximate surface area is 118 Å². The normalized spacial score (nSPS) is 15.1. The molecule has 0 heterocycles. The van der Waals surface area contributed by atoms with E-state index in [1.807, 2.05) is 30.3 Å². The molecule has 0 bridgehead atoms. The number of hydrogen-bond donors (Lipinski definition) is 3. The lowest BCUT2D eigenvalue weighted by atomic mass is 9.98. The van der Waals surface area contributed by atoms with Crippen LogP contribution in [0.5, 0.6) is 0 Å². The second kappa shape index (κ2) is 8.35. The number of amides is 1. The fourth-order valence-electron chi connectivity index (χ4n) is 1.77. The smallest absolute Gasteiger partial charge is 0.405 e. The largest absolute Gasteiger partial charge is 0.465 e. The highest BCUT2D eigenvalue weighted by Crippen LogP contribution is 2.10. The highest BCUT2D eigenvalue weighted by atomic mass is 16.5. The van der Waals surface area contributed by atoms with Gasteiger partial charge in [0.15, 0.2) is 0 Å². The molecule has 0 spiro atoms. The van der Waals surface area contributed by atoms with Crippen LogP contribution < -0.4 is 5.32 Å². The molecule has 1 aromatic rings. The number of benzene rings is 1. The van der Waals surface area contributed by atoms with E-state index in [0.29, 0.717) is 6.61 Å². The standard InChI is InChI=1S/C15H21NO4/c1-3-11(2)14(17)13(16-15(18)19)10-20-9-12-7-5-4-6-8-12/h3-8,11,13-14,16-17H,1,9-10H2,2H3,(H,18,19)/t11?,13-,14?/m1/s1. The molecule has 0 fully saturated rings. The quantitative estimate of drug-likeness (QED) is 0.636. The first kappa shape index (κ1) is 16.2. The monoisotopic (exact) mass is 279 g/mol. The van der Waals surface area contributed by atoms with Gasteiger partial charge in [-0.25, -0.2) is 4.79 Å². The van der Waals surface area contributed by atoms with E-state index in [0.717, 1.165) is 5.56 Å². The van der Waals surface area contributed by atoms with Crippen LogP contribution >= 0.6 is 0 Å². The molecule has 110 valence electrons. The summed E-state index contributed by atoms with van der Waals surface area (Å²) in [4.78, 5) is 10.8. The Hall–Kier alpha value is -1.85.